The van der Waals surface area contributed by atoms with Crippen molar-refractivity contribution in [2.24, 2.45) is 5.73 Å². The Hall–Kier alpha value is -3.63. The zero-order valence-corrected chi connectivity index (χ0v) is 42.6. The van der Waals surface area contributed by atoms with Gasteiger partial charge in [-0.1, -0.05) is 187 Å². The van der Waals surface area contributed by atoms with Gasteiger partial charge in [-0.2, -0.15) is 0 Å². The van der Waals surface area contributed by atoms with Crippen LogP contribution >= 0.6 is 7.82 Å². The summed E-state index contributed by atoms with van der Waals surface area (Å²) >= 11 is 0. The number of phosphoric acid groups is 1. The first-order valence-electron chi connectivity index (χ1n) is 25.6. The van der Waals surface area contributed by atoms with E-state index in [1.54, 1.807) is 0 Å². The first-order valence-corrected chi connectivity index (χ1v) is 27.1. The second-order valence-electron chi connectivity index (χ2n) is 16.6. The van der Waals surface area contributed by atoms with Crippen LogP contribution < -0.4 is 5.73 Å². The number of carbonyl (C=O) groups is 2. The lowest BCUT2D eigenvalue weighted by Gasteiger charge is -2.20. The van der Waals surface area contributed by atoms with Gasteiger partial charge in [0.15, 0.2) is 0 Å². The zero-order chi connectivity index (χ0) is 49.0. The number of phosphoric ester groups is 1. The van der Waals surface area contributed by atoms with Crippen LogP contribution in [0, 0.1) is 0 Å². The van der Waals surface area contributed by atoms with Gasteiger partial charge in [0.1, 0.15) is 12.1 Å². The minimum absolute atomic E-state index is 0.0275. The molecule has 0 aromatic rings. The van der Waals surface area contributed by atoms with E-state index in [0.29, 0.717) is 13.0 Å². The highest BCUT2D eigenvalue weighted by atomic mass is 31.2. The molecule has 0 fully saturated rings. The second-order valence-corrected chi connectivity index (χ2v) is 18.0. The number of hydrogen-bond donors (Lipinski definition) is 3. The van der Waals surface area contributed by atoms with Crippen molar-refractivity contribution in [3.8, 4) is 0 Å². The van der Waals surface area contributed by atoms with Gasteiger partial charge in [0.25, 0.3) is 0 Å². The quantitative estimate of drug-likeness (QED) is 0.0232. The highest BCUT2D eigenvalue weighted by Gasteiger charge is 2.27. The number of hydrogen-bond acceptors (Lipinski definition) is 8. The summed E-state index contributed by atoms with van der Waals surface area (Å²) in [6.45, 7) is 3.61. The van der Waals surface area contributed by atoms with Gasteiger partial charge in [-0.25, -0.2) is 4.57 Å². The van der Waals surface area contributed by atoms with Crippen molar-refractivity contribution in [2.45, 2.75) is 193 Å². The smallest absolute Gasteiger partial charge is 0.472 e. The standard InChI is InChI=1S/C56H92NO9P/c1-3-5-7-9-11-13-15-17-19-21-23-25-26-27-29-31-33-35-37-39-41-43-45-47-49-63-50-53(51-64-67(61,62)65-52-54(57)56(59)60)66-55(58)48-46-44-42-40-38-36-34-32-30-28-24-22-20-18-16-14-12-10-8-6-4-2/h5,7,11,13,16-19,22-25,27,29-30,32-33,35,39,41,53-54H,3-4,6,8-10,12,14-15,20-21,26,28,31,34,36-38,40,42-52,57H2,1-2H3,(H,59,60)(H,61,62)/b7-5-,13-11-,18-16-,19-17-,24-22-,25-23-,29-27-,32-30-,35-33-,41-39-. The average molecular weight is 954 g/mol. The molecule has 11 heteroatoms. The van der Waals surface area contributed by atoms with Gasteiger partial charge < -0.3 is 25.2 Å². The molecule has 3 atom stereocenters. The zero-order valence-electron chi connectivity index (χ0n) is 41.7. The van der Waals surface area contributed by atoms with Crippen molar-refractivity contribution in [3.63, 3.8) is 0 Å². The van der Waals surface area contributed by atoms with Gasteiger partial charge in [0.05, 0.1) is 19.8 Å². The molecule has 0 aliphatic rings. The summed E-state index contributed by atoms with van der Waals surface area (Å²) in [6, 6.07) is -1.49. The molecule has 0 aliphatic carbocycles. The van der Waals surface area contributed by atoms with Crippen molar-refractivity contribution < 1.29 is 42.7 Å². The first kappa shape index (κ1) is 63.4. The number of rotatable bonds is 47. The Balaban J connectivity index is 4.32. The van der Waals surface area contributed by atoms with Crippen LogP contribution in [0.5, 0.6) is 0 Å². The molecule has 0 rings (SSSR count). The van der Waals surface area contributed by atoms with E-state index in [0.717, 1.165) is 116 Å². The summed E-state index contributed by atoms with van der Waals surface area (Å²) in [7, 11) is -4.65. The number of carbonyl (C=O) groups excluding carboxylic acids is 1. The number of allylic oxidation sites excluding steroid dienone is 20. The van der Waals surface area contributed by atoms with Crippen LogP contribution in [0.3, 0.4) is 0 Å². The molecule has 0 amide bonds. The maximum Gasteiger partial charge on any atom is 0.472 e. The molecule has 10 nitrogen and oxygen atoms in total. The van der Waals surface area contributed by atoms with E-state index in [-0.39, 0.29) is 13.0 Å². The van der Waals surface area contributed by atoms with Crippen LogP contribution in [0.25, 0.3) is 0 Å². The van der Waals surface area contributed by atoms with Crippen LogP contribution in [-0.2, 0) is 32.7 Å². The number of carboxylic acid groups (broad SMARTS) is 1. The SMILES string of the molecule is CC/C=C\C/C=C\C/C=C\C/C=C\C/C=C\C/C=C\C/C=C\CCCCOCC(COP(=O)(O)OCC(N)C(=O)O)OC(=O)CCCCCCCC/C=C\C/C=C\C/C=C\CCCCCCC. The molecule has 0 aliphatic heterocycles. The van der Waals surface area contributed by atoms with Crippen LogP contribution in [0.1, 0.15) is 181 Å². The molecular formula is C56H92NO9P. The Kier molecular flexibility index (Phi) is 47.5. The van der Waals surface area contributed by atoms with E-state index in [4.69, 9.17) is 29.4 Å². The van der Waals surface area contributed by atoms with Crippen LogP contribution in [0.4, 0.5) is 0 Å². The highest BCUT2D eigenvalue weighted by Crippen LogP contribution is 2.43. The molecule has 0 aromatic carbocycles. The summed E-state index contributed by atoms with van der Waals surface area (Å²) in [6.07, 6.45) is 69.7. The molecule has 0 saturated carbocycles. The summed E-state index contributed by atoms with van der Waals surface area (Å²) in [4.78, 5) is 33.7. The molecule has 0 bridgehead atoms. The summed E-state index contributed by atoms with van der Waals surface area (Å²) in [5.74, 6) is -1.82. The largest absolute Gasteiger partial charge is 0.480 e. The minimum atomic E-state index is -4.65. The number of nitrogens with two attached hydrogens (primary N) is 1. The third kappa shape index (κ3) is 50.1. The Morgan fingerprint density at radius 3 is 1.30 bits per heavy atom. The van der Waals surface area contributed by atoms with Crippen molar-refractivity contribution in [2.75, 3.05) is 26.4 Å². The predicted octanol–water partition coefficient (Wildman–Crippen LogP) is 15.2. The number of ether oxygens (including phenoxy) is 2. The van der Waals surface area contributed by atoms with E-state index < -0.39 is 45.1 Å². The fourth-order valence-corrected chi connectivity index (χ4v) is 7.07. The summed E-state index contributed by atoms with van der Waals surface area (Å²) in [5, 5.41) is 8.93. The molecule has 0 heterocycles. The lowest BCUT2D eigenvalue weighted by molar-refractivity contribution is -0.154. The Bertz CT molecular complexity index is 1520. The molecule has 380 valence electrons. The van der Waals surface area contributed by atoms with Crippen molar-refractivity contribution in [3.05, 3.63) is 122 Å². The average Bonchev–Trinajstić information content (AvgIpc) is 3.31. The molecule has 0 radical (unpaired) electrons. The summed E-state index contributed by atoms with van der Waals surface area (Å²) in [5.41, 5.74) is 5.37. The van der Waals surface area contributed by atoms with Crippen LogP contribution in [0.15, 0.2) is 122 Å². The van der Waals surface area contributed by atoms with Gasteiger partial charge >= 0.3 is 19.8 Å². The monoisotopic (exact) mass is 954 g/mol. The van der Waals surface area contributed by atoms with Crippen LogP contribution in [-0.4, -0.2) is 60.5 Å². The lowest BCUT2D eigenvalue weighted by Crippen LogP contribution is -2.34. The predicted molar refractivity (Wildman–Crippen MR) is 281 cm³/mol. The fraction of sp³-hybridized carbons (Fsp3) is 0.607. The molecule has 67 heavy (non-hydrogen) atoms. The molecule has 4 N–H and O–H groups in total. The Morgan fingerprint density at radius 2 is 0.866 bits per heavy atom. The van der Waals surface area contributed by atoms with Crippen molar-refractivity contribution in [1.29, 1.82) is 0 Å². The molecule has 0 spiro atoms. The van der Waals surface area contributed by atoms with Gasteiger partial charge in [-0.3, -0.25) is 18.6 Å². The van der Waals surface area contributed by atoms with E-state index in [1.165, 1.54) is 38.5 Å². The fourth-order valence-electron chi connectivity index (χ4n) is 6.30. The maximum atomic E-state index is 12.7. The second kappa shape index (κ2) is 50.3. The van der Waals surface area contributed by atoms with Crippen molar-refractivity contribution in [1.82, 2.24) is 0 Å². The van der Waals surface area contributed by atoms with Gasteiger partial charge in [0.2, 0.25) is 0 Å². The van der Waals surface area contributed by atoms with Gasteiger partial charge in [-0.15, -0.1) is 0 Å². The van der Waals surface area contributed by atoms with Gasteiger partial charge in [0, 0.05) is 13.0 Å². The number of esters is 1. The molecule has 3 unspecified atom stereocenters. The van der Waals surface area contributed by atoms with E-state index in [2.05, 4.69) is 135 Å². The Labute approximate surface area is 407 Å². The highest BCUT2D eigenvalue weighted by molar-refractivity contribution is 7.47. The molecular weight excluding hydrogens is 862 g/mol. The molecule has 0 saturated heterocycles. The lowest BCUT2D eigenvalue weighted by atomic mass is 10.1. The van der Waals surface area contributed by atoms with Gasteiger partial charge in [-0.05, 0) is 109 Å². The number of unbranched alkanes of at least 4 members (excludes halogenated alkanes) is 13. The first-order chi connectivity index (χ1) is 32.7. The number of carboxylic acids is 1. The third-order valence-electron chi connectivity index (χ3n) is 10.2. The molecule has 0 aromatic heterocycles. The topological polar surface area (TPSA) is 155 Å². The summed E-state index contributed by atoms with van der Waals surface area (Å²) < 4.78 is 33.4. The number of aliphatic carboxylic acids is 1. The van der Waals surface area contributed by atoms with E-state index >= 15 is 0 Å². The third-order valence-corrected chi connectivity index (χ3v) is 11.2. The van der Waals surface area contributed by atoms with Crippen molar-refractivity contribution >= 4 is 19.8 Å². The van der Waals surface area contributed by atoms with E-state index in [1.807, 2.05) is 0 Å². The Morgan fingerprint density at radius 1 is 0.493 bits per heavy atom. The minimum Gasteiger partial charge on any atom is -0.480 e. The normalized spacial score (nSPS) is 14.7. The maximum absolute atomic E-state index is 12.7. The van der Waals surface area contributed by atoms with Crippen LogP contribution in [0.2, 0.25) is 0 Å². The van der Waals surface area contributed by atoms with E-state index in [9.17, 15) is 19.0 Å².